The lowest BCUT2D eigenvalue weighted by Gasteiger charge is -2.17. The zero-order valence-corrected chi connectivity index (χ0v) is 14.3. The van der Waals surface area contributed by atoms with Crippen molar-refractivity contribution in [2.45, 2.75) is 39.7 Å². The second kappa shape index (κ2) is 8.65. The molecule has 0 radical (unpaired) electrons. The van der Waals surface area contributed by atoms with Crippen molar-refractivity contribution in [3.63, 3.8) is 0 Å². The van der Waals surface area contributed by atoms with Gasteiger partial charge in [0.15, 0.2) is 0 Å². The first-order valence-corrected chi connectivity index (χ1v) is 9.01. The number of carbonyl (C=O) groups is 1. The van der Waals surface area contributed by atoms with E-state index in [1.807, 2.05) is 0 Å². The largest absolute Gasteiger partial charge is 0.481 e. The Balaban J connectivity index is 1.83. The highest BCUT2D eigenvalue weighted by Gasteiger charge is 2.30. The zero-order valence-electron chi connectivity index (χ0n) is 13.5. The number of rotatable bonds is 9. The van der Waals surface area contributed by atoms with E-state index in [9.17, 15) is 9.90 Å². The highest BCUT2D eigenvalue weighted by atomic mass is 32.1. The van der Waals surface area contributed by atoms with Crippen molar-refractivity contribution < 1.29 is 14.6 Å². The topological polar surface area (TPSA) is 58.6 Å². The van der Waals surface area contributed by atoms with Crippen LogP contribution >= 0.6 is 11.3 Å². The van der Waals surface area contributed by atoms with Crippen molar-refractivity contribution in [2.75, 3.05) is 19.7 Å². The molecule has 0 saturated carbocycles. The third-order valence-electron chi connectivity index (χ3n) is 4.22. The predicted octanol–water partition coefficient (Wildman–Crippen LogP) is 3.16. The number of thiophene rings is 1. The Morgan fingerprint density at radius 1 is 1.55 bits per heavy atom. The summed E-state index contributed by atoms with van der Waals surface area (Å²) in [5.41, 5.74) is 1.16. The van der Waals surface area contributed by atoms with Crippen molar-refractivity contribution in [3.8, 4) is 0 Å². The van der Waals surface area contributed by atoms with Crippen LogP contribution in [0.1, 0.15) is 37.1 Å². The number of aliphatic carboxylic acids is 1. The fraction of sp³-hybridized carbons (Fsp3) is 0.706. The van der Waals surface area contributed by atoms with Crippen LogP contribution in [0.3, 0.4) is 0 Å². The van der Waals surface area contributed by atoms with Gasteiger partial charge < -0.3 is 15.2 Å². The van der Waals surface area contributed by atoms with E-state index in [2.05, 4.69) is 30.6 Å². The van der Waals surface area contributed by atoms with E-state index in [1.165, 1.54) is 0 Å². The zero-order chi connectivity index (χ0) is 15.9. The first-order valence-electron chi connectivity index (χ1n) is 8.13. The molecule has 0 spiro atoms. The monoisotopic (exact) mass is 325 g/mol. The van der Waals surface area contributed by atoms with Gasteiger partial charge >= 0.3 is 5.97 Å². The van der Waals surface area contributed by atoms with Crippen LogP contribution in [-0.4, -0.2) is 30.8 Å². The van der Waals surface area contributed by atoms with Crippen LogP contribution in [0.4, 0.5) is 0 Å². The average molecular weight is 325 g/mol. The van der Waals surface area contributed by atoms with Gasteiger partial charge in [0.05, 0.1) is 12.5 Å². The van der Waals surface area contributed by atoms with Crippen LogP contribution < -0.4 is 5.32 Å². The molecule has 124 valence electrons. The maximum atomic E-state index is 11.5. The van der Waals surface area contributed by atoms with E-state index in [1.54, 1.807) is 11.3 Å². The fourth-order valence-corrected chi connectivity index (χ4v) is 3.74. The summed E-state index contributed by atoms with van der Waals surface area (Å²) in [5, 5.41) is 14.8. The molecule has 4 nitrogen and oxygen atoms in total. The highest BCUT2D eigenvalue weighted by molar-refractivity contribution is 7.10. The molecule has 2 atom stereocenters. The van der Waals surface area contributed by atoms with Crippen LogP contribution in [-0.2, 0) is 22.6 Å². The number of hydrogen-bond donors (Lipinski definition) is 2. The van der Waals surface area contributed by atoms with E-state index >= 15 is 0 Å². The minimum Gasteiger partial charge on any atom is -0.481 e. The molecule has 1 aromatic heterocycles. The van der Waals surface area contributed by atoms with Crippen LogP contribution in [0, 0.1) is 17.8 Å². The van der Waals surface area contributed by atoms with Crippen molar-refractivity contribution in [1.29, 1.82) is 0 Å². The Morgan fingerprint density at radius 3 is 3.00 bits per heavy atom. The number of nitrogens with one attached hydrogen (secondary N) is 1. The van der Waals surface area contributed by atoms with Crippen LogP contribution in [0.2, 0.25) is 0 Å². The Labute approximate surface area is 136 Å². The quantitative estimate of drug-likeness (QED) is 0.685. The number of carboxylic acid groups (broad SMARTS) is 1. The molecule has 0 aliphatic carbocycles. The molecule has 2 N–H and O–H groups in total. The maximum absolute atomic E-state index is 11.5. The second-order valence-corrected chi connectivity index (χ2v) is 7.55. The molecule has 0 amide bonds. The molecule has 5 heteroatoms. The highest BCUT2D eigenvalue weighted by Crippen LogP contribution is 2.26. The van der Waals surface area contributed by atoms with Gasteiger partial charge in [-0.2, -0.15) is 0 Å². The normalized spacial score (nSPS) is 19.7. The van der Waals surface area contributed by atoms with Crippen molar-refractivity contribution in [2.24, 2.45) is 17.8 Å². The van der Waals surface area contributed by atoms with Crippen molar-refractivity contribution >= 4 is 17.3 Å². The standard InChI is InChI=1S/C17H27NO3S/c1-12(2)4-6-21-10-13-7-15(22-11-13)8-16(17(19)20)14-3-5-18-9-14/h7,11-12,14,16,18H,3-6,8-10H2,1-2H3,(H,19,20). The summed E-state index contributed by atoms with van der Waals surface area (Å²) in [4.78, 5) is 12.7. The van der Waals surface area contributed by atoms with Crippen LogP contribution in [0.5, 0.6) is 0 Å². The van der Waals surface area contributed by atoms with Crippen molar-refractivity contribution in [1.82, 2.24) is 5.32 Å². The van der Waals surface area contributed by atoms with Gasteiger partial charge in [0.2, 0.25) is 0 Å². The summed E-state index contributed by atoms with van der Waals surface area (Å²) in [6, 6.07) is 2.11. The third kappa shape index (κ3) is 5.38. The van der Waals surface area contributed by atoms with E-state index < -0.39 is 5.97 Å². The molecule has 22 heavy (non-hydrogen) atoms. The molecule has 2 heterocycles. The smallest absolute Gasteiger partial charge is 0.307 e. The van der Waals surface area contributed by atoms with E-state index in [4.69, 9.17) is 4.74 Å². The van der Waals surface area contributed by atoms with E-state index in [0.717, 1.165) is 43.0 Å². The van der Waals surface area contributed by atoms with Gasteiger partial charge in [-0.25, -0.2) is 0 Å². The molecule has 1 saturated heterocycles. The van der Waals surface area contributed by atoms with Crippen LogP contribution in [0.25, 0.3) is 0 Å². The number of carboxylic acids is 1. The SMILES string of the molecule is CC(C)CCOCc1csc(CC(C(=O)O)C2CCNC2)c1. The molecule has 2 unspecified atom stereocenters. The number of hydrogen-bond acceptors (Lipinski definition) is 4. The Hall–Kier alpha value is -0.910. The van der Waals surface area contributed by atoms with Gasteiger partial charge in [-0.1, -0.05) is 13.8 Å². The summed E-state index contributed by atoms with van der Waals surface area (Å²) in [5.74, 6) is -0.0279. The van der Waals surface area contributed by atoms with Crippen LogP contribution in [0.15, 0.2) is 11.4 Å². The Morgan fingerprint density at radius 2 is 2.36 bits per heavy atom. The molecule has 1 aliphatic heterocycles. The summed E-state index contributed by atoms with van der Waals surface area (Å²) >= 11 is 1.65. The minimum atomic E-state index is -0.670. The predicted molar refractivity (Wildman–Crippen MR) is 89.2 cm³/mol. The van der Waals surface area contributed by atoms with Gasteiger partial charge in [-0.05, 0) is 61.2 Å². The third-order valence-corrected chi connectivity index (χ3v) is 5.23. The molecule has 0 aromatic carbocycles. The Bertz CT molecular complexity index is 466. The number of ether oxygens (including phenoxy) is 1. The first-order chi connectivity index (χ1) is 10.6. The molecular formula is C17H27NO3S. The van der Waals surface area contributed by atoms with Gasteiger partial charge in [-0.15, -0.1) is 11.3 Å². The molecule has 1 fully saturated rings. The second-order valence-electron chi connectivity index (χ2n) is 6.56. The lowest BCUT2D eigenvalue weighted by atomic mass is 9.88. The lowest BCUT2D eigenvalue weighted by Crippen LogP contribution is -2.27. The van der Waals surface area contributed by atoms with Gasteiger partial charge in [-0.3, -0.25) is 4.79 Å². The molecule has 1 aromatic rings. The average Bonchev–Trinajstić information content (AvgIpc) is 3.12. The van der Waals surface area contributed by atoms with E-state index in [0.29, 0.717) is 18.9 Å². The van der Waals surface area contributed by atoms with Crippen molar-refractivity contribution in [3.05, 3.63) is 21.9 Å². The summed E-state index contributed by atoms with van der Waals surface area (Å²) in [7, 11) is 0. The van der Waals surface area contributed by atoms with E-state index in [-0.39, 0.29) is 11.8 Å². The molecule has 0 bridgehead atoms. The molecule has 2 rings (SSSR count). The molecule has 1 aliphatic rings. The summed E-state index contributed by atoms with van der Waals surface area (Å²) in [6.45, 7) is 7.56. The lowest BCUT2D eigenvalue weighted by molar-refractivity contribution is -0.143. The summed E-state index contributed by atoms with van der Waals surface area (Å²) < 4.78 is 5.68. The van der Waals surface area contributed by atoms with Gasteiger partial charge in [0.1, 0.15) is 0 Å². The van der Waals surface area contributed by atoms with Gasteiger partial charge in [0, 0.05) is 11.5 Å². The minimum absolute atomic E-state index is 0.255. The maximum Gasteiger partial charge on any atom is 0.307 e. The first kappa shape index (κ1) is 17.4. The Kier molecular flexibility index (Phi) is 6.86. The molecular weight excluding hydrogens is 298 g/mol. The fourth-order valence-electron chi connectivity index (χ4n) is 2.81. The van der Waals surface area contributed by atoms with Gasteiger partial charge in [0.25, 0.3) is 0 Å². The summed E-state index contributed by atoms with van der Waals surface area (Å²) in [6.07, 6.45) is 2.68.